The van der Waals surface area contributed by atoms with E-state index in [1.165, 1.54) is 12.5 Å². The first kappa shape index (κ1) is 30.8. The van der Waals surface area contributed by atoms with Crippen molar-refractivity contribution in [1.29, 1.82) is 0 Å². The van der Waals surface area contributed by atoms with E-state index >= 15 is 0 Å². The SMILES string of the molecule is CC(C)CC(NC(=O)C(N)CC(=O)O)C(=O)NC(Cc1c[nH]c2ccccc12)C(=O)NC(Cc1cnc[nH]1)C(=O)O. The Morgan fingerprint density at radius 1 is 0.902 bits per heavy atom. The number of amides is 3. The minimum Gasteiger partial charge on any atom is -0.481 e. The Morgan fingerprint density at radius 3 is 2.20 bits per heavy atom. The lowest BCUT2D eigenvalue weighted by atomic mass is 10.00. The fraction of sp³-hybridized carbons (Fsp3) is 0.407. The number of carboxylic acids is 2. The maximum atomic E-state index is 13.5. The molecule has 0 fully saturated rings. The topological polar surface area (TPSA) is 232 Å². The van der Waals surface area contributed by atoms with Gasteiger partial charge in [-0.1, -0.05) is 32.0 Å². The normalized spacial score (nSPS) is 14.1. The average Bonchev–Trinajstić information content (AvgIpc) is 3.56. The maximum absolute atomic E-state index is 13.5. The van der Waals surface area contributed by atoms with Gasteiger partial charge in [0.15, 0.2) is 0 Å². The van der Waals surface area contributed by atoms with Crippen molar-refractivity contribution in [3.63, 3.8) is 0 Å². The molecule has 4 unspecified atom stereocenters. The predicted molar refractivity (Wildman–Crippen MR) is 147 cm³/mol. The quantitative estimate of drug-likeness (QED) is 0.123. The molecule has 0 aliphatic carbocycles. The Balaban J connectivity index is 1.85. The minimum atomic E-state index is -1.38. The minimum absolute atomic E-state index is 0.0128. The van der Waals surface area contributed by atoms with E-state index < -0.39 is 60.2 Å². The van der Waals surface area contributed by atoms with Crippen LogP contribution in [0.3, 0.4) is 0 Å². The van der Waals surface area contributed by atoms with Crippen LogP contribution in [-0.4, -0.2) is 79.0 Å². The molecule has 0 aliphatic heterocycles. The number of aromatic nitrogens is 3. The van der Waals surface area contributed by atoms with E-state index in [2.05, 4.69) is 30.9 Å². The first-order valence-electron chi connectivity index (χ1n) is 13.1. The van der Waals surface area contributed by atoms with Crippen molar-refractivity contribution in [2.24, 2.45) is 11.7 Å². The van der Waals surface area contributed by atoms with Gasteiger partial charge < -0.3 is 41.9 Å². The maximum Gasteiger partial charge on any atom is 0.326 e. The Morgan fingerprint density at radius 2 is 1.56 bits per heavy atom. The van der Waals surface area contributed by atoms with Crippen LogP contribution in [0, 0.1) is 5.92 Å². The molecule has 14 heteroatoms. The van der Waals surface area contributed by atoms with Crippen molar-refractivity contribution in [2.45, 2.75) is 63.7 Å². The number of benzene rings is 1. The third-order valence-electron chi connectivity index (χ3n) is 6.40. The third-order valence-corrected chi connectivity index (χ3v) is 6.40. The van der Waals surface area contributed by atoms with E-state index in [9.17, 15) is 29.1 Å². The van der Waals surface area contributed by atoms with E-state index in [-0.39, 0.29) is 25.2 Å². The lowest BCUT2D eigenvalue weighted by Crippen LogP contribution is -2.58. The number of carboxylic acid groups (broad SMARTS) is 2. The van der Waals surface area contributed by atoms with Gasteiger partial charge in [-0.2, -0.15) is 0 Å². The van der Waals surface area contributed by atoms with Gasteiger partial charge in [-0.25, -0.2) is 9.78 Å². The molecule has 2 aromatic heterocycles. The number of para-hydroxylation sites is 1. The summed E-state index contributed by atoms with van der Waals surface area (Å²) < 4.78 is 0. The molecule has 3 rings (SSSR count). The number of hydrogen-bond acceptors (Lipinski definition) is 7. The van der Waals surface area contributed by atoms with Crippen LogP contribution < -0.4 is 21.7 Å². The molecule has 4 atom stereocenters. The molecule has 0 saturated carbocycles. The highest BCUT2D eigenvalue weighted by atomic mass is 16.4. The average molecular weight is 570 g/mol. The first-order chi connectivity index (χ1) is 19.4. The van der Waals surface area contributed by atoms with Crippen molar-refractivity contribution in [3.05, 3.63) is 54.2 Å². The van der Waals surface area contributed by atoms with Crippen molar-refractivity contribution in [1.82, 2.24) is 30.9 Å². The third kappa shape index (κ3) is 8.89. The summed E-state index contributed by atoms with van der Waals surface area (Å²) in [7, 11) is 0. The summed E-state index contributed by atoms with van der Waals surface area (Å²) in [4.78, 5) is 72.2. The fourth-order valence-corrected chi connectivity index (χ4v) is 4.35. The molecule has 3 amide bonds. The van der Waals surface area contributed by atoms with Crippen molar-refractivity contribution in [3.8, 4) is 0 Å². The summed E-state index contributed by atoms with van der Waals surface area (Å²) in [6.45, 7) is 3.65. The van der Waals surface area contributed by atoms with Gasteiger partial charge in [-0.05, 0) is 24.0 Å². The number of nitrogens with two attached hydrogens (primary N) is 1. The van der Waals surface area contributed by atoms with Gasteiger partial charge >= 0.3 is 11.9 Å². The second kappa shape index (κ2) is 14.1. The summed E-state index contributed by atoms with van der Waals surface area (Å²) in [5.74, 6) is -4.87. The molecule has 41 heavy (non-hydrogen) atoms. The molecule has 220 valence electrons. The van der Waals surface area contributed by atoms with Crippen LogP contribution in [0.15, 0.2) is 43.0 Å². The fourth-order valence-electron chi connectivity index (χ4n) is 4.35. The number of hydrogen-bond donors (Lipinski definition) is 8. The number of nitrogens with one attached hydrogen (secondary N) is 5. The second-order valence-electron chi connectivity index (χ2n) is 10.2. The van der Waals surface area contributed by atoms with Gasteiger partial charge in [-0.3, -0.25) is 19.2 Å². The number of nitrogens with zero attached hydrogens (tertiary/aromatic N) is 1. The molecule has 9 N–H and O–H groups in total. The number of carbonyl (C=O) groups is 5. The zero-order valence-corrected chi connectivity index (χ0v) is 22.7. The highest BCUT2D eigenvalue weighted by Crippen LogP contribution is 2.19. The highest BCUT2D eigenvalue weighted by molar-refractivity contribution is 5.95. The zero-order valence-electron chi connectivity index (χ0n) is 22.7. The Bertz CT molecular complexity index is 1370. The predicted octanol–water partition coefficient (Wildman–Crippen LogP) is 0.0633. The van der Waals surface area contributed by atoms with Crippen LogP contribution in [0.5, 0.6) is 0 Å². The van der Waals surface area contributed by atoms with Gasteiger partial charge in [-0.15, -0.1) is 0 Å². The largest absolute Gasteiger partial charge is 0.481 e. The Hall–Kier alpha value is -4.72. The van der Waals surface area contributed by atoms with Gasteiger partial charge in [0.25, 0.3) is 0 Å². The summed E-state index contributed by atoms with van der Waals surface area (Å²) in [6.07, 6.45) is 4.04. The summed E-state index contributed by atoms with van der Waals surface area (Å²) in [5.41, 5.74) is 7.68. The number of rotatable bonds is 15. The van der Waals surface area contributed by atoms with Gasteiger partial charge in [0, 0.05) is 41.8 Å². The van der Waals surface area contributed by atoms with Crippen LogP contribution in [0.2, 0.25) is 0 Å². The molecule has 0 bridgehead atoms. The molecule has 0 radical (unpaired) electrons. The number of H-pyrrole nitrogens is 2. The lowest BCUT2D eigenvalue weighted by molar-refractivity contribution is -0.142. The molecular formula is C27H35N7O7. The van der Waals surface area contributed by atoms with Crippen molar-refractivity contribution < 1.29 is 34.2 Å². The molecule has 3 aromatic rings. The van der Waals surface area contributed by atoms with Gasteiger partial charge in [0.2, 0.25) is 17.7 Å². The molecule has 0 spiro atoms. The molecule has 14 nitrogen and oxygen atoms in total. The van der Waals surface area contributed by atoms with Gasteiger partial charge in [0.05, 0.1) is 18.8 Å². The summed E-state index contributed by atoms with van der Waals surface area (Å²) >= 11 is 0. The summed E-state index contributed by atoms with van der Waals surface area (Å²) in [5, 5.41) is 27.2. The Labute approximate surface area is 235 Å². The number of imidazole rings is 1. The van der Waals surface area contributed by atoms with E-state index in [0.717, 1.165) is 10.9 Å². The number of aliphatic carboxylic acids is 2. The molecule has 0 aliphatic rings. The van der Waals surface area contributed by atoms with Crippen LogP contribution >= 0.6 is 0 Å². The second-order valence-corrected chi connectivity index (χ2v) is 10.2. The van der Waals surface area contributed by atoms with E-state index in [0.29, 0.717) is 11.3 Å². The molecular weight excluding hydrogens is 534 g/mol. The van der Waals surface area contributed by atoms with Crippen LogP contribution in [-0.2, 0) is 36.8 Å². The Kier molecular flexibility index (Phi) is 10.6. The lowest BCUT2D eigenvalue weighted by Gasteiger charge is -2.26. The van der Waals surface area contributed by atoms with Crippen LogP contribution in [0.1, 0.15) is 37.9 Å². The van der Waals surface area contributed by atoms with Crippen LogP contribution in [0.4, 0.5) is 0 Å². The smallest absolute Gasteiger partial charge is 0.326 e. The van der Waals surface area contributed by atoms with Crippen molar-refractivity contribution in [2.75, 3.05) is 0 Å². The highest BCUT2D eigenvalue weighted by Gasteiger charge is 2.32. The molecule has 1 aromatic carbocycles. The van der Waals surface area contributed by atoms with E-state index in [4.69, 9.17) is 10.8 Å². The number of carbonyl (C=O) groups excluding carboxylic acids is 3. The van der Waals surface area contributed by atoms with Crippen LogP contribution in [0.25, 0.3) is 10.9 Å². The monoisotopic (exact) mass is 569 g/mol. The number of fused-ring (bicyclic) bond motifs is 1. The first-order valence-corrected chi connectivity index (χ1v) is 13.1. The summed E-state index contributed by atoms with van der Waals surface area (Å²) in [6, 6.07) is 2.34. The molecule has 0 saturated heterocycles. The standard InChI is InChI=1S/C27H35N7O7/c1-14(2)7-20(32-24(37)18(28)10-23(35)36)25(38)33-21(8-15-11-30-19-6-4-3-5-17(15)19)26(39)34-22(27(40)41)9-16-12-29-13-31-16/h3-6,11-14,18,20-22,30H,7-10,28H2,1-2H3,(H,29,31)(H,32,37)(H,33,38)(H,34,39)(H,35,36)(H,40,41). The zero-order chi connectivity index (χ0) is 30.1. The van der Waals surface area contributed by atoms with E-state index in [1.54, 1.807) is 6.20 Å². The van der Waals surface area contributed by atoms with E-state index in [1.807, 2.05) is 38.1 Å². The molecule has 2 heterocycles. The van der Waals surface area contributed by atoms with Gasteiger partial charge in [0.1, 0.15) is 18.1 Å². The van der Waals surface area contributed by atoms with Crippen molar-refractivity contribution >= 4 is 40.6 Å². The number of aromatic amines is 2.